The lowest BCUT2D eigenvalue weighted by Gasteiger charge is -2.29. The Morgan fingerprint density at radius 3 is 2.49 bits per heavy atom. The van der Waals surface area contributed by atoms with Crippen molar-refractivity contribution in [2.45, 2.75) is 6.92 Å². The number of benzene rings is 2. The van der Waals surface area contributed by atoms with Crippen LogP contribution in [0, 0.1) is 18.3 Å². The van der Waals surface area contributed by atoms with E-state index >= 15 is 0 Å². The molecule has 39 heavy (non-hydrogen) atoms. The SMILES string of the molecule is Cc1cc(-c2ncn(-c3ccc(Nc4nccc(-c5cc(C#N)cc(N6CCOCC6)c5)n4)cc3)n2)ccn1. The van der Waals surface area contributed by atoms with E-state index in [0.717, 1.165) is 52.7 Å². The number of anilines is 3. The Balaban J connectivity index is 1.20. The van der Waals surface area contributed by atoms with Gasteiger partial charge in [-0.15, -0.1) is 5.10 Å². The molecule has 4 heterocycles. The lowest BCUT2D eigenvalue weighted by Crippen LogP contribution is -2.36. The monoisotopic (exact) mass is 515 g/mol. The Morgan fingerprint density at radius 1 is 0.872 bits per heavy atom. The highest BCUT2D eigenvalue weighted by molar-refractivity contribution is 5.70. The van der Waals surface area contributed by atoms with Crippen LogP contribution in [-0.2, 0) is 4.74 Å². The molecular weight excluding hydrogens is 490 g/mol. The van der Waals surface area contributed by atoms with E-state index in [2.05, 4.69) is 42.4 Å². The molecule has 0 radical (unpaired) electrons. The summed E-state index contributed by atoms with van der Waals surface area (Å²) in [5, 5.41) is 17.5. The normalized spacial score (nSPS) is 13.2. The lowest BCUT2D eigenvalue weighted by molar-refractivity contribution is 0.122. The summed E-state index contributed by atoms with van der Waals surface area (Å²) < 4.78 is 7.21. The summed E-state index contributed by atoms with van der Waals surface area (Å²) in [6.07, 6.45) is 5.16. The van der Waals surface area contributed by atoms with Crippen molar-refractivity contribution in [3.8, 4) is 34.4 Å². The van der Waals surface area contributed by atoms with E-state index in [1.807, 2.05) is 61.5 Å². The van der Waals surface area contributed by atoms with Crippen molar-refractivity contribution in [2.24, 2.45) is 0 Å². The van der Waals surface area contributed by atoms with Crippen LogP contribution in [0.2, 0.25) is 0 Å². The zero-order valence-corrected chi connectivity index (χ0v) is 21.3. The number of pyridine rings is 1. The van der Waals surface area contributed by atoms with Crippen LogP contribution in [0.3, 0.4) is 0 Å². The third-order valence-corrected chi connectivity index (χ3v) is 6.41. The predicted octanol–water partition coefficient (Wildman–Crippen LogP) is 4.55. The smallest absolute Gasteiger partial charge is 0.227 e. The van der Waals surface area contributed by atoms with E-state index in [1.54, 1.807) is 23.4 Å². The first-order valence-electron chi connectivity index (χ1n) is 12.6. The Hall–Kier alpha value is -5.14. The number of nitriles is 1. The number of morpholine rings is 1. The van der Waals surface area contributed by atoms with Crippen LogP contribution >= 0.6 is 0 Å². The number of hydrogen-bond acceptors (Lipinski definition) is 9. The molecule has 1 N–H and O–H groups in total. The number of aryl methyl sites for hydroxylation is 1. The third kappa shape index (κ3) is 5.44. The summed E-state index contributed by atoms with van der Waals surface area (Å²) in [5.74, 6) is 1.11. The number of nitrogens with one attached hydrogen (secondary N) is 1. The van der Waals surface area contributed by atoms with Crippen LogP contribution in [0.15, 0.2) is 79.4 Å². The van der Waals surface area contributed by atoms with Gasteiger partial charge in [-0.25, -0.2) is 19.6 Å². The molecule has 0 unspecified atom stereocenters. The number of aromatic nitrogens is 6. The van der Waals surface area contributed by atoms with Crippen LogP contribution in [0.4, 0.5) is 17.3 Å². The number of hydrogen-bond donors (Lipinski definition) is 1. The summed E-state index contributed by atoms with van der Waals surface area (Å²) >= 11 is 0. The molecule has 10 heteroatoms. The second-order valence-corrected chi connectivity index (χ2v) is 9.12. The highest BCUT2D eigenvalue weighted by Gasteiger charge is 2.14. The Labute approximate surface area is 225 Å². The van der Waals surface area contributed by atoms with Crippen LogP contribution in [-0.4, -0.2) is 56.0 Å². The summed E-state index contributed by atoms with van der Waals surface area (Å²) in [7, 11) is 0. The van der Waals surface area contributed by atoms with E-state index in [1.165, 1.54) is 0 Å². The zero-order valence-electron chi connectivity index (χ0n) is 21.3. The van der Waals surface area contributed by atoms with Gasteiger partial charge < -0.3 is 15.0 Å². The minimum absolute atomic E-state index is 0.464. The first kappa shape index (κ1) is 24.2. The van der Waals surface area contributed by atoms with E-state index in [-0.39, 0.29) is 0 Å². The van der Waals surface area contributed by atoms with Gasteiger partial charge in [-0.1, -0.05) is 0 Å². The van der Waals surface area contributed by atoms with Gasteiger partial charge >= 0.3 is 0 Å². The number of nitrogens with zero attached hydrogens (tertiary/aromatic N) is 8. The van der Waals surface area contributed by atoms with Crippen molar-refractivity contribution in [1.82, 2.24) is 29.7 Å². The first-order valence-corrected chi connectivity index (χ1v) is 12.6. The molecule has 1 aliphatic heterocycles. The van der Waals surface area contributed by atoms with E-state index in [9.17, 15) is 5.26 Å². The average Bonchev–Trinajstić information content (AvgIpc) is 3.48. The second-order valence-electron chi connectivity index (χ2n) is 9.12. The molecule has 6 rings (SSSR count). The van der Waals surface area contributed by atoms with Crippen LogP contribution in [0.1, 0.15) is 11.3 Å². The van der Waals surface area contributed by atoms with Gasteiger partial charge in [-0.3, -0.25) is 4.98 Å². The molecule has 10 nitrogen and oxygen atoms in total. The quantitative estimate of drug-likeness (QED) is 0.347. The fourth-order valence-corrected chi connectivity index (χ4v) is 4.44. The number of ether oxygens (including phenoxy) is 1. The molecular formula is C29H25N9O. The van der Waals surface area contributed by atoms with Crippen molar-refractivity contribution in [3.05, 3.63) is 90.6 Å². The molecule has 1 fully saturated rings. The van der Waals surface area contributed by atoms with Gasteiger partial charge in [-0.05, 0) is 67.6 Å². The van der Waals surface area contributed by atoms with Gasteiger partial charge in [0.1, 0.15) is 6.33 Å². The van der Waals surface area contributed by atoms with Crippen molar-refractivity contribution in [3.63, 3.8) is 0 Å². The van der Waals surface area contributed by atoms with Gasteiger partial charge in [0.2, 0.25) is 5.95 Å². The lowest BCUT2D eigenvalue weighted by atomic mass is 10.1. The first-order chi connectivity index (χ1) is 19.1. The van der Waals surface area contributed by atoms with Crippen molar-refractivity contribution in [1.29, 1.82) is 5.26 Å². The highest BCUT2D eigenvalue weighted by atomic mass is 16.5. The van der Waals surface area contributed by atoms with Crippen molar-refractivity contribution < 1.29 is 4.74 Å². The molecule has 0 amide bonds. The maximum atomic E-state index is 9.61. The molecule has 1 saturated heterocycles. The molecule has 3 aromatic heterocycles. The average molecular weight is 516 g/mol. The predicted molar refractivity (Wildman–Crippen MR) is 148 cm³/mol. The Kier molecular flexibility index (Phi) is 6.64. The fraction of sp³-hybridized carbons (Fsp3) is 0.172. The van der Waals surface area contributed by atoms with Crippen molar-refractivity contribution >= 4 is 17.3 Å². The zero-order chi connectivity index (χ0) is 26.6. The third-order valence-electron chi connectivity index (χ3n) is 6.41. The summed E-state index contributed by atoms with van der Waals surface area (Å²) in [4.78, 5) is 20.0. The molecule has 0 saturated carbocycles. The Morgan fingerprint density at radius 2 is 1.69 bits per heavy atom. The van der Waals surface area contributed by atoms with Crippen LogP contribution < -0.4 is 10.2 Å². The summed E-state index contributed by atoms with van der Waals surface area (Å²) in [5.41, 5.74) is 6.73. The minimum Gasteiger partial charge on any atom is -0.378 e. The standard InChI is InChI=1S/C29H25N9O/c1-20-14-22(6-8-31-20)28-33-19-38(36-28)25-4-2-24(3-5-25)34-29-32-9-7-27(35-29)23-15-21(18-30)16-26(17-23)37-10-12-39-13-11-37/h2-9,14-17,19H,10-13H2,1H3,(H,32,34,35). The number of rotatable bonds is 6. The molecule has 1 aliphatic rings. The molecule has 0 bridgehead atoms. The molecule has 0 atom stereocenters. The molecule has 192 valence electrons. The molecule has 0 aliphatic carbocycles. The minimum atomic E-state index is 0.464. The molecule has 0 spiro atoms. The van der Waals surface area contributed by atoms with E-state index < -0.39 is 0 Å². The van der Waals surface area contributed by atoms with Crippen LogP contribution in [0.25, 0.3) is 28.3 Å². The van der Waals surface area contributed by atoms with Crippen LogP contribution in [0.5, 0.6) is 0 Å². The maximum absolute atomic E-state index is 9.61. The fourth-order valence-electron chi connectivity index (χ4n) is 4.44. The topological polar surface area (TPSA) is 118 Å². The van der Waals surface area contributed by atoms with Gasteiger partial charge in [0.05, 0.1) is 36.2 Å². The van der Waals surface area contributed by atoms with Gasteiger partial charge in [-0.2, -0.15) is 5.26 Å². The van der Waals surface area contributed by atoms with E-state index in [4.69, 9.17) is 9.72 Å². The highest BCUT2D eigenvalue weighted by Crippen LogP contribution is 2.27. The van der Waals surface area contributed by atoms with Gasteiger partial charge in [0.25, 0.3) is 0 Å². The van der Waals surface area contributed by atoms with Gasteiger partial charge in [0.15, 0.2) is 5.82 Å². The summed E-state index contributed by atoms with van der Waals surface area (Å²) in [6, 6.07) is 21.6. The van der Waals surface area contributed by atoms with Crippen molar-refractivity contribution in [2.75, 3.05) is 36.5 Å². The summed E-state index contributed by atoms with van der Waals surface area (Å²) in [6.45, 7) is 4.88. The molecule has 2 aromatic carbocycles. The van der Waals surface area contributed by atoms with Gasteiger partial charge in [0, 0.05) is 53.7 Å². The molecule has 5 aromatic rings. The maximum Gasteiger partial charge on any atom is 0.227 e. The largest absolute Gasteiger partial charge is 0.378 e. The Bertz CT molecular complexity index is 1650. The second kappa shape index (κ2) is 10.7. The van der Waals surface area contributed by atoms with E-state index in [0.29, 0.717) is 30.5 Å².